The second-order valence-corrected chi connectivity index (χ2v) is 9.81. The third kappa shape index (κ3) is 3.03. The molecule has 1 aliphatic heterocycles. The lowest BCUT2D eigenvalue weighted by atomic mass is 9.56. The molecule has 4 aliphatic rings. The van der Waals surface area contributed by atoms with Crippen molar-refractivity contribution in [2.45, 2.75) is 50.2 Å². The van der Waals surface area contributed by atoms with Crippen LogP contribution in [0, 0.1) is 17.2 Å². The molecule has 3 aliphatic carbocycles. The highest BCUT2D eigenvalue weighted by molar-refractivity contribution is 6.33. The molecular weight excluding hydrogens is 438 g/mol. The van der Waals surface area contributed by atoms with Crippen LogP contribution in [0.2, 0.25) is 0 Å². The number of Topliss-reactive ketones (excluding diaryl/α,β-unsaturated/α-hetero) is 1. The lowest BCUT2D eigenvalue weighted by Gasteiger charge is -2.52. The number of aromatic hydroxyl groups is 1. The van der Waals surface area contributed by atoms with Crippen LogP contribution in [0.5, 0.6) is 5.75 Å². The molecule has 2 fully saturated rings. The third-order valence-electron chi connectivity index (χ3n) is 7.99. The minimum absolute atomic E-state index is 0.0580. The maximum Gasteiger partial charge on any atom is 0.254 e. The quantitative estimate of drug-likeness (QED) is 0.385. The van der Waals surface area contributed by atoms with Gasteiger partial charge in [-0.1, -0.05) is 25.0 Å². The van der Waals surface area contributed by atoms with E-state index in [0.717, 1.165) is 25.7 Å². The molecule has 0 spiro atoms. The molecule has 0 unspecified atom stereocenters. The second-order valence-electron chi connectivity index (χ2n) is 9.81. The number of amides is 1. The molecule has 7 N–H and O–H groups in total. The predicted octanol–water partition coefficient (Wildman–Crippen LogP) is 1.73. The normalized spacial score (nSPS) is 32.1. The highest BCUT2D eigenvalue weighted by Crippen LogP contribution is 2.52. The molecular formula is C25H29N3O6. The number of phenols is 1. The van der Waals surface area contributed by atoms with Crippen molar-refractivity contribution in [3.05, 3.63) is 46.2 Å². The zero-order chi connectivity index (χ0) is 24.4. The molecule has 1 heterocycles. The van der Waals surface area contributed by atoms with E-state index in [4.69, 9.17) is 11.1 Å². The smallest absolute Gasteiger partial charge is 0.254 e. The van der Waals surface area contributed by atoms with Crippen LogP contribution in [0.1, 0.15) is 43.2 Å². The summed E-state index contributed by atoms with van der Waals surface area (Å²) in [4.78, 5) is 28.1. The molecule has 1 amide bonds. The first-order valence-electron chi connectivity index (χ1n) is 11.8. The Kier molecular flexibility index (Phi) is 5.29. The molecule has 9 nitrogen and oxygen atoms in total. The number of benzene rings is 1. The first-order chi connectivity index (χ1) is 16.2. The molecule has 1 saturated carbocycles. The van der Waals surface area contributed by atoms with Gasteiger partial charge in [0.15, 0.2) is 5.60 Å². The Labute approximate surface area is 196 Å². The van der Waals surface area contributed by atoms with Crippen molar-refractivity contribution in [3.63, 3.8) is 0 Å². The molecule has 9 heteroatoms. The Bertz CT molecular complexity index is 1160. The number of nitrogens with zero attached hydrogens (tertiary/aromatic N) is 1. The number of nitrogens with two attached hydrogens (primary N) is 1. The first kappa shape index (κ1) is 22.6. The Hall–Kier alpha value is -3.17. The van der Waals surface area contributed by atoms with E-state index in [1.165, 1.54) is 6.07 Å². The number of phenolic OH excluding ortho intramolecular Hbond substituents is 1. The number of carbonyl (C=O) groups is 2. The Morgan fingerprint density at radius 1 is 1.12 bits per heavy atom. The Morgan fingerprint density at radius 3 is 2.44 bits per heavy atom. The molecule has 34 heavy (non-hydrogen) atoms. The molecule has 1 aromatic carbocycles. The average molecular weight is 468 g/mol. The van der Waals surface area contributed by atoms with Gasteiger partial charge in [0.05, 0.1) is 17.3 Å². The number of primary amides is 1. The number of ketones is 1. The fraction of sp³-hybridized carbons (Fsp3) is 0.480. The standard InChI is InChI=1S/C25H29N3O6/c26-22-18(24(27)33)21(31)19(28-8-3-1-2-4-9-28)14-11-13-10-12-6-5-7-15(29)16(12)20(30)17(13)23(32)25(14,22)34/h5-7,13-14,19,26,29-31,34H,1-4,8-11H2,(H2,27,33)/t13-,14-,19+,25+/m0/s1. The lowest BCUT2D eigenvalue weighted by Crippen LogP contribution is -2.67. The SMILES string of the molecule is N=C1C(C(N)=O)=C(O)[C@H](N2CCCCCC2)[C@@H]2C[C@@H]3Cc4cccc(O)c4C(O)=C3C(=O)[C@]12O. The van der Waals surface area contributed by atoms with Crippen molar-refractivity contribution in [1.29, 1.82) is 5.41 Å². The van der Waals surface area contributed by atoms with Gasteiger partial charge in [-0.3, -0.25) is 14.5 Å². The van der Waals surface area contributed by atoms with Gasteiger partial charge in [0.2, 0.25) is 5.78 Å². The summed E-state index contributed by atoms with van der Waals surface area (Å²) in [5, 5.41) is 53.0. The topological polar surface area (TPSA) is 168 Å². The van der Waals surface area contributed by atoms with E-state index in [1.54, 1.807) is 12.1 Å². The van der Waals surface area contributed by atoms with E-state index >= 15 is 0 Å². The van der Waals surface area contributed by atoms with E-state index in [-0.39, 0.29) is 29.1 Å². The number of aliphatic hydroxyl groups excluding tert-OH is 2. The predicted molar refractivity (Wildman–Crippen MR) is 123 cm³/mol. The van der Waals surface area contributed by atoms with Crippen molar-refractivity contribution in [3.8, 4) is 5.75 Å². The summed E-state index contributed by atoms with van der Waals surface area (Å²) in [5.74, 6) is -4.30. The van der Waals surface area contributed by atoms with Gasteiger partial charge in [-0.2, -0.15) is 0 Å². The van der Waals surface area contributed by atoms with Gasteiger partial charge >= 0.3 is 0 Å². The van der Waals surface area contributed by atoms with Gasteiger partial charge in [-0.05, 0) is 56.3 Å². The summed E-state index contributed by atoms with van der Waals surface area (Å²) in [5.41, 5.74) is 2.56. The number of hydrogen-bond acceptors (Lipinski definition) is 8. The van der Waals surface area contributed by atoms with Gasteiger partial charge in [0, 0.05) is 11.5 Å². The molecule has 0 bridgehead atoms. The Morgan fingerprint density at radius 2 is 1.79 bits per heavy atom. The van der Waals surface area contributed by atoms with E-state index < -0.39 is 52.2 Å². The maximum atomic E-state index is 13.9. The summed E-state index contributed by atoms with van der Waals surface area (Å²) in [6, 6.07) is 3.99. The number of nitrogens with one attached hydrogen (secondary N) is 1. The molecule has 5 rings (SSSR count). The molecule has 1 aromatic rings. The van der Waals surface area contributed by atoms with Crippen LogP contribution in [-0.4, -0.2) is 67.5 Å². The summed E-state index contributed by atoms with van der Waals surface area (Å²) in [7, 11) is 0. The van der Waals surface area contributed by atoms with Gasteiger partial charge in [-0.25, -0.2) is 0 Å². The summed E-state index contributed by atoms with van der Waals surface area (Å²) in [6.07, 6.45) is 4.33. The summed E-state index contributed by atoms with van der Waals surface area (Å²) >= 11 is 0. The second kappa shape index (κ2) is 7.95. The van der Waals surface area contributed by atoms with E-state index in [0.29, 0.717) is 25.1 Å². The minimum atomic E-state index is -2.44. The monoisotopic (exact) mass is 467 g/mol. The molecule has 0 aromatic heterocycles. The van der Waals surface area contributed by atoms with Crippen molar-refractivity contribution in [2.24, 2.45) is 17.6 Å². The lowest BCUT2D eigenvalue weighted by molar-refractivity contribution is -0.139. The van der Waals surface area contributed by atoms with Crippen molar-refractivity contribution >= 4 is 23.2 Å². The van der Waals surface area contributed by atoms with Gasteiger partial charge in [-0.15, -0.1) is 0 Å². The van der Waals surface area contributed by atoms with Crippen molar-refractivity contribution in [2.75, 3.05) is 13.1 Å². The van der Waals surface area contributed by atoms with Crippen molar-refractivity contribution < 1.29 is 30.0 Å². The number of aliphatic hydroxyl groups is 3. The van der Waals surface area contributed by atoms with E-state index in [9.17, 15) is 30.0 Å². The summed E-state index contributed by atoms with van der Waals surface area (Å²) < 4.78 is 0. The van der Waals surface area contributed by atoms with Crippen LogP contribution in [-0.2, 0) is 16.0 Å². The van der Waals surface area contributed by atoms with E-state index in [1.807, 2.05) is 4.90 Å². The van der Waals surface area contributed by atoms with Gasteiger partial charge < -0.3 is 31.6 Å². The van der Waals surface area contributed by atoms with Crippen LogP contribution in [0.4, 0.5) is 0 Å². The van der Waals surface area contributed by atoms with Crippen LogP contribution in [0.3, 0.4) is 0 Å². The fourth-order valence-corrected chi connectivity index (χ4v) is 6.43. The molecule has 180 valence electrons. The zero-order valence-electron chi connectivity index (χ0n) is 18.8. The fourth-order valence-electron chi connectivity index (χ4n) is 6.43. The van der Waals surface area contributed by atoms with Crippen LogP contribution < -0.4 is 5.73 Å². The maximum absolute atomic E-state index is 13.9. The van der Waals surface area contributed by atoms with Crippen LogP contribution >= 0.6 is 0 Å². The Balaban J connectivity index is 1.69. The molecule has 1 saturated heterocycles. The average Bonchev–Trinajstić information content (AvgIpc) is 3.05. The molecule has 4 atom stereocenters. The number of carbonyl (C=O) groups excluding carboxylic acids is 2. The van der Waals surface area contributed by atoms with Gasteiger partial charge in [0.1, 0.15) is 22.8 Å². The number of hydrogen-bond donors (Lipinski definition) is 6. The highest BCUT2D eigenvalue weighted by atomic mass is 16.3. The molecule has 0 radical (unpaired) electrons. The highest BCUT2D eigenvalue weighted by Gasteiger charge is 2.63. The minimum Gasteiger partial charge on any atom is -0.510 e. The van der Waals surface area contributed by atoms with E-state index in [2.05, 4.69) is 0 Å². The van der Waals surface area contributed by atoms with Crippen LogP contribution in [0.15, 0.2) is 35.1 Å². The third-order valence-corrected chi connectivity index (χ3v) is 7.99. The number of likely N-dealkylation sites (tertiary alicyclic amines) is 1. The van der Waals surface area contributed by atoms with Gasteiger partial charge in [0.25, 0.3) is 5.91 Å². The number of fused-ring (bicyclic) bond motifs is 3. The van der Waals surface area contributed by atoms with Crippen molar-refractivity contribution in [1.82, 2.24) is 4.90 Å². The largest absolute Gasteiger partial charge is 0.510 e. The first-order valence-corrected chi connectivity index (χ1v) is 11.8. The zero-order valence-corrected chi connectivity index (χ0v) is 18.8. The van der Waals surface area contributed by atoms with Crippen LogP contribution in [0.25, 0.3) is 5.76 Å². The summed E-state index contributed by atoms with van der Waals surface area (Å²) in [6.45, 7) is 1.23. The number of rotatable bonds is 2.